The Morgan fingerprint density at radius 1 is 1.32 bits per heavy atom. The second kappa shape index (κ2) is 8.67. The molecule has 0 aliphatic carbocycles. The smallest absolute Gasteiger partial charge is 0.127 e. The maximum absolute atomic E-state index is 13.4. The van der Waals surface area contributed by atoms with Crippen LogP contribution in [0.3, 0.4) is 0 Å². The molecular formula is C15H22FNO2. The predicted octanol–water partition coefficient (Wildman–Crippen LogP) is 2.91. The third-order valence-electron chi connectivity index (χ3n) is 2.54. The first-order chi connectivity index (χ1) is 9.11. The van der Waals surface area contributed by atoms with Gasteiger partial charge in [0.05, 0.1) is 13.2 Å². The third kappa shape index (κ3) is 6.94. The minimum Gasteiger partial charge on any atom is -0.493 e. The molecule has 0 heterocycles. The quantitative estimate of drug-likeness (QED) is 0.551. The molecule has 0 aromatic heterocycles. The zero-order valence-electron chi connectivity index (χ0n) is 11.7. The average Bonchev–Trinajstić information content (AvgIpc) is 2.34. The first-order valence-electron chi connectivity index (χ1n) is 6.38. The molecule has 4 heteroatoms. The van der Waals surface area contributed by atoms with E-state index in [1.165, 1.54) is 12.1 Å². The molecule has 0 bridgehead atoms. The SMILES string of the molecule is C=C(C)CCOc1cc(F)cc(CNCCOC)c1. The normalized spacial score (nSPS) is 10.5. The molecule has 1 aromatic carbocycles. The van der Waals surface area contributed by atoms with Gasteiger partial charge >= 0.3 is 0 Å². The Kier molecular flexibility index (Phi) is 7.15. The van der Waals surface area contributed by atoms with Crippen molar-refractivity contribution >= 4 is 0 Å². The Bertz CT molecular complexity index is 407. The molecule has 0 saturated heterocycles. The Morgan fingerprint density at radius 3 is 2.79 bits per heavy atom. The van der Waals surface area contributed by atoms with Gasteiger partial charge in [0.15, 0.2) is 0 Å². The lowest BCUT2D eigenvalue weighted by molar-refractivity contribution is 0.199. The molecule has 106 valence electrons. The lowest BCUT2D eigenvalue weighted by Crippen LogP contribution is -2.18. The lowest BCUT2D eigenvalue weighted by Gasteiger charge is -2.09. The number of methoxy groups -OCH3 is 1. The fraction of sp³-hybridized carbons (Fsp3) is 0.467. The average molecular weight is 267 g/mol. The van der Waals surface area contributed by atoms with Crippen LogP contribution in [0.25, 0.3) is 0 Å². The first-order valence-corrected chi connectivity index (χ1v) is 6.38. The predicted molar refractivity (Wildman–Crippen MR) is 74.9 cm³/mol. The molecule has 0 spiro atoms. The van der Waals surface area contributed by atoms with Gasteiger partial charge in [0.2, 0.25) is 0 Å². The number of hydrogen-bond donors (Lipinski definition) is 1. The summed E-state index contributed by atoms with van der Waals surface area (Å²) in [6.45, 7) is 8.24. The van der Waals surface area contributed by atoms with Gasteiger partial charge in [0, 0.05) is 32.7 Å². The van der Waals surface area contributed by atoms with Crippen LogP contribution in [0, 0.1) is 5.82 Å². The fourth-order valence-electron chi connectivity index (χ4n) is 1.56. The van der Waals surface area contributed by atoms with E-state index in [0.717, 1.165) is 24.1 Å². The standard InChI is InChI=1S/C15H22FNO2/c1-12(2)4-6-19-15-9-13(8-14(16)10-15)11-17-5-7-18-3/h8-10,17H,1,4-7,11H2,2-3H3. The van der Waals surface area contributed by atoms with E-state index in [2.05, 4.69) is 11.9 Å². The van der Waals surface area contributed by atoms with Crippen molar-refractivity contribution < 1.29 is 13.9 Å². The van der Waals surface area contributed by atoms with Gasteiger partial charge in [0.25, 0.3) is 0 Å². The molecule has 0 atom stereocenters. The van der Waals surface area contributed by atoms with Crippen molar-refractivity contribution in [3.05, 3.63) is 41.7 Å². The number of ether oxygens (including phenoxy) is 2. The molecule has 0 radical (unpaired) electrons. The van der Waals surface area contributed by atoms with Crippen molar-refractivity contribution in [1.29, 1.82) is 0 Å². The summed E-state index contributed by atoms with van der Waals surface area (Å²) >= 11 is 0. The van der Waals surface area contributed by atoms with Crippen molar-refractivity contribution in [2.24, 2.45) is 0 Å². The second-order valence-electron chi connectivity index (χ2n) is 4.52. The van der Waals surface area contributed by atoms with Gasteiger partial charge in [-0.2, -0.15) is 0 Å². The largest absolute Gasteiger partial charge is 0.493 e. The molecule has 1 aromatic rings. The molecule has 0 aliphatic heterocycles. The highest BCUT2D eigenvalue weighted by Crippen LogP contribution is 2.17. The summed E-state index contributed by atoms with van der Waals surface area (Å²) in [5.74, 6) is 0.279. The van der Waals surface area contributed by atoms with Crippen molar-refractivity contribution in [2.45, 2.75) is 19.9 Å². The summed E-state index contributed by atoms with van der Waals surface area (Å²) in [7, 11) is 1.65. The summed E-state index contributed by atoms with van der Waals surface area (Å²) in [5, 5.41) is 3.17. The molecular weight excluding hydrogens is 245 g/mol. The van der Waals surface area contributed by atoms with Gasteiger partial charge in [0.1, 0.15) is 11.6 Å². The highest BCUT2D eigenvalue weighted by Gasteiger charge is 2.02. The monoisotopic (exact) mass is 267 g/mol. The van der Waals surface area contributed by atoms with Crippen LogP contribution < -0.4 is 10.1 Å². The van der Waals surface area contributed by atoms with Crippen LogP contribution in [0.2, 0.25) is 0 Å². The van der Waals surface area contributed by atoms with Gasteiger partial charge in [-0.05, 0) is 24.6 Å². The Labute approximate surface area is 114 Å². The Balaban J connectivity index is 2.48. The van der Waals surface area contributed by atoms with Crippen LogP contribution in [0.4, 0.5) is 4.39 Å². The van der Waals surface area contributed by atoms with E-state index in [0.29, 0.717) is 25.5 Å². The molecule has 0 unspecified atom stereocenters. The maximum Gasteiger partial charge on any atom is 0.127 e. The zero-order valence-corrected chi connectivity index (χ0v) is 11.7. The van der Waals surface area contributed by atoms with Crippen molar-refractivity contribution in [3.63, 3.8) is 0 Å². The van der Waals surface area contributed by atoms with Crippen LogP contribution in [0.1, 0.15) is 18.9 Å². The number of rotatable bonds is 9. The minimum atomic E-state index is -0.281. The van der Waals surface area contributed by atoms with Crippen LogP contribution in [-0.4, -0.2) is 26.9 Å². The summed E-state index contributed by atoms with van der Waals surface area (Å²) in [5.41, 5.74) is 1.92. The van der Waals surface area contributed by atoms with Crippen LogP contribution in [0.5, 0.6) is 5.75 Å². The van der Waals surface area contributed by atoms with Gasteiger partial charge in [-0.3, -0.25) is 0 Å². The molecule has 1 N–H and O–H groups in total. The van der Waals surface area contributed by atoms with Gasteiger partial charge in [-0.15, -0.1) is 6.58 Å². The third-order valence-corrected chi connectivity index (χ3v) is 2.54. The van der Waals surface area contributed by atoms with E-state index >= 15 is 0 Å². The van der Waals surface area contributed by atoms with Crippen molar-refractivity contribution in [3.8, 4) is 5.75 Å². The molecule has 1 rings (SSSR count). The van der Waals surface area contributed by atoms with E-state index in [1.54, 1.807) is 7.11 Å². The van der Waals surface area contributed by atoms with Crippen LogP contribution in [0.15, 0.2) is 30.4 Å². The van der Waals surface area contributed by atoms with E-state index in [4.69, 9.17) is 9.47 Å². The topological polar surface area (TPSA) is 30.5 Å². The molecule has 0 aliphatic rings. The number of nitrogens with one attached hydrogen (secondary N) is 1. The van der Waals surface area contributed by atoms with Crippen LogP contribution in [-0.2, 0) is 11.3 Å². The van der Waals surface area contributed by atoms with E-state index in [1.807, 2.05) is 13.0 Å². The van der Waals surface area contributed by atoms with E-state index in [-0.39, 0.29) is 5.82 Å². The lowest BCUT2D eigenvalue weighted by atomic mass is 10.2. The Hall–Kier alpha value is -1.39. The van der Waals surface area contributed by atoms with Gasteiger partial charge in [-0.25, -0.2) is 4.39 Å². The summed E-state index contributed by atoms with van der Waals surface area (Å²) in [6, 6.07) is 4.75. The van der Waals surface area contributed by atoms with Gasteiger partial charge < -0.3 is 14.8 Å². The van der Waals surface area contributed by atoms with Crippen molar-refractivity contribution in [2.75, 3.05) is 26.9 Å². The number of hydrogen-bond acceptors (Lipinski definition) is 3. The number of benzene rings is 1. The minimum absolute atomic E-state index is 0.281. The molecule has 0 fully saturated rings. The van der Waals surface area contributed by atoms with Crippen LogP contribution >= 0.6 is 0 Å². The molecule has 0 amide bonds. The first kappa shape index (κ1) is 15.7. The summed E-state index contributed by atoms with van der Waals surface area (Å²) < 4.78 is 23.9. The molecule has 3 nitrogen and oxygen atoms in total. The van der Waals surface area contributed by atoms with Gasteiger partial charge in [-0.1, -0.05) is 5.57 Å². The van der Waals surface area contributed by atoms with E-state index < -0.39 is 0 Å². The zero-order chi connectivity index (χ0) is 14.1. The highest BCUT2D eigenvalue weighted by molar-refractivity contribution is 5.29. The summed E-state index contributed by atoms with van der Waals surface area (Å²) in [6.07, 6.45) is 0.776. The Morgan fingerprint density at radius 2 is 2.11 bits per heavy atom. The van der Waals surface area contributed by atoms with E-state index in [9.17, 15) is 4.39 Å². The maximum atomic E-state index is 13.4. The molecule has 0 saturated carbocycles. The fourth-order valence-corrected chi connectivity index (χ4v) is 1.56. The summed E-state index contributed by atoms with van der Waals surface area (Å²) in [4.78, 5) is 0. The molecule has 19 heavy (non-hydrogen) atoms. The second-order valence-corrected chi connectivity index (χ2v) is 4.52. The number of halogens is 1. The highest BCUT2D eigenvalue weighted by atomic mass is 19.1. The van der Waals surface area contributed by atoms with Crippen molar-refractivity contribution in [1.82, 2.24) is 5.32 Å².